The Morgan fingerprint density at radius 2 is 1.81 bits per heavy atom. The van der Waals surface area contributed by atoms with Crippen LogP contribution < -0.4 is 0 Å². The molecule has 0 aliphatic carbocycles. The summed E-state index contributed by atoms with van der Waals surface area (Å²) in [4.78, 5) is 27.7. The molecule has 2 aliphatic rings. The van der Waals surface area contributed by atoms with Gasteiger partial charge in [-0.05, 0) is 31.9 Å². The maximum Gasteiger partial charge on any atom is 0.410 e. The van der Waals surface area contributed by atoms with Crippen LogP contribution in [0.2, 0.25) is 0 Å². The number of likely N-dealkylation sites (tertiary alicyclic amines) is 1. The first-order valence-corrected chi connectivity index (χ1v) is 7.44. The molecule has 0 spiro atoms. The predicted octanol–water partition coefficient (Wildman–Crippen LogP) is 2.05. The van der Waals surface area contributed by atoms with Crippen molar-refractivity contribution in [2.45, 2.75) is 25.8 Å². The average molecular weight is 288 g/mol. The molecule has 0 aromatic heterocycles. The van der Waals surface area contributed by atoms with Gasteiger partial charge < -0.3 is 14.5 Å². The van der Waals surface area contributed by atoms with Crippen molar-refractivity contribution in [1.29, 1.82) is 0 Å². The van der Waals surface area contributed by atoms with Crippen molar-refractivity contribution in [2.24, 2.45) is 0 Å². The van der Waals surface area contributed by atoms with Crippen molar-refractivity contribution in [2.75, 3.05) is 26.2 Å². The highest BCUT2D eigenvalue weighted by atomic mass is 16.6. The lowest BCUT2D eigenvalue weighted by atomic mass is 10.0. The van der Waals surface area contributed by atoms with Crippen molar-refractivity contribution in [1.82, 2.24) is 9.80 Å². The van der Waals surface area contributed by atoms with Gasteiger partial charge in [-0.2, -0.15) is 0 Å². The van der Waals surface area contributed by atoms with E-state index in [9.17, 15) is 9.59 Å². The molecule has 0 bridgehead atoms. The zero-order valence-electron chi connectivity index (χ0n) is 12.2. The van der Waals surface area contributed by atoms with Crippen LogP contribution in [0.3, 0.4) is 0 Å². The Balaban J connectivity index is 1.59. The van der Waals surface area contributed by atoms with E-state index in [1.54, 1.807) is 4.90 Å². The van der Waals surface area contributed by atoms with Gasteiger partial charge in [-0.1, -0.05) is 17.7 Å². The maximum atomic E-state index is 12.4. The van der Waals surface area contributed by atoms with Crippen molar-refractivity contribution in [3.8, 4) is 0 Å². The fraction of sp³-hybridized carbons (Fsp3) is 0.500. The van der Waals surface area contributed by atoms with Crippen LogP contribution >= 0.6 is 0 Å². The van der Waals surface area contributed by atoms with Crippen LogP contribution in [0.25, 0.3) is 0 Å². The van der Waals surface area contributed by atoms with Crippen LogP contribution in [-0.4, -0.2) is 54.1 Å². The highest BCUT2D eigenvalue weighted by Gasteiger charge is 2.33. The molecule has 1 aromatic rings. The van der Waals surface area contributed by atoms with Crippen molar-refractivity contribution < 1.29 is 14.3 Å². The van der Waals surface area contributed by atoms with Gasteiger partial charge in [0.05, 0.1) is 6.54 Å². The number of carbonyl (C=O) groups excluding carboxylic acids is 2. The van der Waals surface area contributed by atoms with Gasteiger partial charge in [0, 0.05) is 24.7 Å². The Labute approximate surface area is 124 Å². The number of carbonyl (C=O) groups is 2. The number of ether oxygens (including phenoxy) is 1. The monoisotopic (exact) mass is 288 g/mol. The van der Waals surface area contributed by atoms with Gasteiger partial charge >= 0.3 is 6.09 Å². The molecule has 1 aromatic carbocycles. The van der Waals surface area contributed by atoms with E-state index in [0.717, 1.165) is 24.0 Å². The smallest absolute Gasteiger partial charge is 0.410 e. The number of hydrogen-bond donors (Lipinski definition) is 0. The summed E-state index contributed by atoms with van der Waals surface area (Å²) in [7, 11) is 0. The Morgan fingerprint density at radius 1 is 1.14 bits per heavy atom. The number of nitrogens with zero attached hydrogens (tertiary/aromatic N) is 2. The van der Waals surface area contributed by atoms with E-state index >= 15 is 0 Å². The van der Waals surface area contributed by atoms with E-state index in [1.807, 2.05) is 36.1 Å². The largest absolute Gasteiger partial charge is 0.448 e. The molecule has 0 unspecified atom stereocenters. The number of cyclic esters (lactones) is 1. The molecule has 112 valence electrons. The minimum Gasteiger partial charge on any atom is -0.448 e. The minimum atomic E-state index is -0.210. The quantitative estimate of drug-likeness (QED) is 0.837. The summed E-state index contributed by atoms with van der Waals surface area (Å²) in [6.45, 7) is 4.56. The van der Waals surface area contributed by atoms with E-state index in [2.05, 4.69) is 0 Å². The standard InChI is InChI=1S/C16H20N2O3/c1-12-2-4-13(5-3-12)15(19)17-8-6-14(7-9-17)18-10-11-21-16(18)20/h2-5,14H,6-11H2,1H3. The van der Waals surface area contributed by atoms with Gasteiger partial charge in [0.1, 0.15) is 6.61 Å². The molecule has 2 amide bonds. The Kier molecular flexibility index (Phi) is 3.82. The summed E-state index contributed by atoms with van der Waals surface area (Å²) in [6.07, 6.45) is 1.44. The van der Waals surface area contributed by atoms with Crippen LogP contribution in [-0.2, 0) is 4.74 Å². The first-order chi connectivity index (χ1) is 10.1. The lowest BCUT2D eigenvalue weighted by molar-refractivity contribution is 0.0658. The average Bonchev–Trinajstić information content (AvgIpc) is 2.94. The predicted molar refractivity (Wildman–Crippen MR) is 78.2 cm³/mol. The number of rotatable bonds is 2. The van der Waals surface area contributed by atoms with Crippen molar-refractivity contribution >= 4 is 12.0 Å². The van der Waals surface area contributed by atoms with E-state index in [1.165, 1.54) is 0 Å². The molecule has 2 aliphatic heterocycles. The highest BCUT2D eigenvalue weighted by Crippen LogP contribution is 2.21. The third kappa shape index (κ3) is 2.86. The molecule has 21 heavy (non-hydrogen) atoms. The number of piperidine rings is 1. The van der Waals surface area contributed by atoms with Crippen LogP contribution in [0, 0.1) is 6.92 Å². The second-order valence-corrected chi connectivity index (χ2v) is 5.70. The van der Waals surface area contributed by atoms with E-state index in [0.29, 0.717) is 26.2 Å². The summed E-state index contributed by atoms with van der Waals surface area (Å²) >= 11 is 0. The summed E-state index contributed by atoms with van der Waals surface area (Å²) in [5.74, 6) is 0.0810. The van der Waals surface area contributed by atoms with Gasteiger partial charge in [-0.25, -0.2) is 4.79 Å². The van der Waals surface area contributed by atoms with Gasteiger partial charge in [-0.3, -0.25) is 4.79 Å². The zero-order valence-corrected chi connectivity index (χ0v) is 12.2. The Bertz CT molecular complexity index is 533. The molecule has 0 radical (unpaired) electrons. The second kappa shape index (κ2) is 5.76. The first kappa shape index (κ1) is 13.9. The van der Waals surface area contributed by atoms with Gasteiger partial charge in [-0.15, -0.1) is 0 Å². The summed E-state index contributed by atoms with van der Waals surface area (Å²) < 4.78 is 4.98. The SMILES string of the molecule is Cc1ccc(C(=O)N2CCC(N3CCOC3=O)CC2)cc1. The molecule has 0 N–H and O–H groups in total. The zero-order chi connectivity index (χ0) is 14.8. The second-order valence-electron chi connectivity index (χ2n) is 5.70. The molecule has 2 fully saturated rings. The summed E-state index contributed by atoms with van der Waals surface area (Å²) in [5.41, 5.74) is 1.89. The first-order valence-electron chi connectivity index (χ1n) is 7.44. The summed E-state index contributed by atoms with van der Waals surface area (Å²) in [5, 5.41) is 0. The third-order valence-electron chi connectivity index (χ3n) is 4.28. The molecule has 2 saturated heterocycles. The van der Waals surface area contributed by atoms with E-state index < -0.39 is 0 Å². The lowest BCUT2D eigenvalue weighted by Crippen LogP contribution is -2.47. The summed E-state index contributed by atoms with van der Waals surface area (Å²) in [6, 6.07) is 7.88. The fourth-order valence-electron chi connectivity index (χ4n) is 3.00. The third-order valence-corrected chi connectivity index (χ3v) is 4.28. The number of aryl methyl sites for hydroxylation is 1. The van der Waals surface area contributed by atoms with Gasteiger partial charge in [0.25, 0.3) is 5.91 Å². The Morgan fingerprint density at radius 3 is 2.38 bits per heavy atom. The molecule has 5 nitrogen and oxygen atoms in total. The van der Waals surface area contributed by atoms with E-state index in [4.69, 9.17) is 4.74 Å². The topological polar surface area (TPSA) is 49.9 Å². The van der Waals surface area contributed by atoms with Gasteiger partial charge in [0.15, 0.2) is 0 Å². The fourth-order valence-corrected chi connectivity index (χ4v) is 3.00. The normalized spacial score (nSPS) is 19.8. The number of hydrogen-bond acceptors (Lipinski definition) is 3. The molecule has 0 saturated carbocycles. The van der Waals surface area contributed by atoms with E-state index in [-0.39, 0.29) is 18.0 Å². The molecule has 2 heterocycles. The molecule has 5 heteroatoms. The van der Waals surface area contributed by atoms with Crippen LogP contribution in [0.1, 0.15) is 28.8 Å². The highest BCUT2D eigenvalue weighted by molar-refractivity contribution is 5.94. The number of benzene rings is 1. The minimum absolute atomic E-state index is 0.0810. The van der Waals surface area contributed by atoms with Crippen LogP contribution in [0.15, 0.2) is 24.3 Å². The number of amides is 2. The van der Waals surface area contributed by atoms with Crippen molar-refractivity contribution in [3.63, 3.8) is 0 Å². The van der Waals surface area contributed by atoms with Crippen LogP contribution in [0.4, 0.5) is 4.79 Å². The lowest BCUT2D eigenvalue weighted by Gasteiger charge is -2.35. The molecular formula is C16H20N2O3. The molecule has 0 atom stereocenters. The Hall–Kier alpha value is -2.04. The van der Waals surface area contributed by atoms with Gasteiger partial charge in [0.2, 0.25) is 0 Å². The molecule has 3 rings (SSSR count). The molecular weight excluding hydrogens is 268 g/mol. The van der Waals surface area contributed by atoms with Crippen molar-refractivity contribution in [3.05, 3.63) is 35.4 Å². The van der Waals surface area contributed by atoms with Crippen LogP contribution in [0.5, 0.6) is 0 Å². The maximum absolute atomic E-state index is 12.4.